The van der Waals surface area contributed by atoms with Crippen molar-refractivity contribution in [3.8, 4) is 0 Å². The Morgan fingerprint density at radius 3 is 2.71 bits per heavy atom. The summed E-state index contributed by atoms with van der Waals surface area (Å²) < 4.78 is 19.5. The number of ether oxygens (including phenoxy) is 1. The van der Waals surface area contributed by atoms with E-state index in [-0.39, 0.29) is 34.9 Å². The molecule has 0 bridgehead atoms. The van der Waals surface area contributed by atoms with E-state index in [1.165, 1.54) is 12.1 Å². The molecule has 0 saturated carbocycles. The molecule has 1 N–H and O–H groups in total. The summed E-state index contributed by atoms with van der Waals surface area (Å²) in [6.45, 7) is 4.97. The van der Waals surface area contributed by atoms with Gasteiger partial charge < -0.3 is 14.7 Å². The number of carbonyl (C=O) groups is 1. The van der Waals surface area contributed by atoms with E-state index in [0.29, 0.717) is 26.3 Å². The second kappa shape index (κ2) is 7.78. The van der Waals surface area contributed by atoms with Crippen LogP contribution in [-0.4, -0.2) is 73.4 Å². The zero-order valence-corrected chi connectivity index (χ0v) is 14.2. The smallest absolute Gasteiger partial charge is 0.256 e. The molecular weight excluding hydrogens is 335 g/mol. The van der Waals surface area contributed by atoms with Crippen LogP contribution in [0.3, 0.4) is 0 Å². The van der Waals surface area contributed by atoms with E-state index >= 15 is 0 Å². The lowest BCUT2D eigenvalue weighted by Gasteiger charge is -2.30. The lowest BCUT2D eigenvalue weighted by Crippen LogP contribution is -2.41. The van der Waals surface area contributed by atoms with Gasteiger partial charge in [-0.2, -0.15) is 0 Å². The molecule has 1 aromatic rings. The molecule has 0 radical (unpaired) electrons. The number of halogens is 2. The van der Waals surface area contributed by atoms with Gasteiger partial charge in [-0.05, 0) is 18.1 Å². The van der Waals surface area contributed by atoms with Crippen LogP contribution in [0.5, 0.6) is 0 Å². The topological polar surface area (TPSA) is 53.0 Å². The first-order chi connectivity index (χ1) is 11.6. The molecule has 7 heteroatoms. The molecule has 0 spiro atoms. The van der Waals surface area contributed by atoms with Crippen molar-refractivity contribution in [2.24, 2.45) is 11.8 Å². The first kappa shape index (κ1) is 17.6. The molecule has 3 rings (SSSR count). The van der Waals surface area contributed by atoms with Crippen molar-refractivity contribution < 1.29 is 19.0 Å². The molecular formula is C17H22ClFN2O3. The summed E-state index contributed by atoms with van der Waals surface area (Å²) >= 11 is 5.77. The van der Waals surface area contributed by atoms with Gasteiger partial charge >= 0.3 is 0 Å². The van der Waals surface area contributed by atoms with Crippen LogP contribution in [0.2, 0.25) is 5.02 Å². The third-order valence-corrected chi connectivity index (χ3v) is 5.17. The van der Waals surface area contributed by atoms with Crippen LogP contribution in [0, 0.1) is 17.7 Å². The van der Waals surface area contributed by atoms with E-state index < -0.39 is 5.82 Å². The van der Waals surface area contributed by atoms with Gasteiger partial charge in [-0.15, -0.1) is 0 Å². The van der Waals surface area contributed by atoms with E-state index in [4.69, 9.17) is 16.3 Å². The molecule has 24 heavy (non-hydrogen) atoms. The number of hydrogen-bond donors (Lipinski definition) is 1. The monoisotopic (exact) mass is 356 g/mol. The number of morpholine rings is 1. The van der Waals surface area contributed by atoms with Crippen LogP contribution in [0.4, 0.5) is 4.39 Å². The SMILES string of the molecule is O=C(c1cccc(Cl)c1F)N1C[C@@H](CO)[C@@H](CN2CCOCC2)C1. The van der Waals surface area contributed by atoms with E-state index in [1.54, 1.807) is 11.0 Å². The second-order valence-electron chi connectivity index (χ2n) is 6.43. The van der Waals surface area contributed by atoms with Crippen LogP contribution in [0.25, 0.3) is 0 Å². The number of hydrogen-bond acceptors (Lipinski definition) is 4. The number of benzene rings is 1. The number of rotatable bonds is 4. The van der Waals surface area contributed by atoms with Gasteiger partial charge in [-0.3, -0.25) is 9.69 Å². The van der Waals surface area contributed by atoms with Crippen molar-refractivity contribution >= 4 is 17.5 Å². The van der Waals surface area contributed by atoms with Crippen molar-refractivity contribution in [2.75, 3.05) is 52.5 Å². The second-order valence-corrected chi connectivity index (χ2v) is 6.83. The highest BCUT2D eigenvalue weighted by atomic mass is 35.5. The fraction of sp³-hybridized carbons (Fsp3) is 0.588. The Labute approximate surface area is 145 Å². The third-order valence-electron chi connectivity index (χ3n) is 4.88. The molecule has 2 saturated heterocycles. The number of aliphatic hydroxyl groups excluding tert-OH is 1. The Morgan fingerprint density at radius 2 is 2.00 bits per heavy atom. The predicted octanol–water partition coefficient (Wildman–Crippen LogP) is 1.49. The molecule has 5 nitrogen and oxygen atoms in total. The van der Waals surface area contributed by atoms with Gasteiger partial charge in [0, 0.05) is 45.2 Å². The minimum atomic E-state index is -0.679. The molecule has 2 aliphatic heterocycles. The summed E-state index contributed by atoms with van der Waals surface area (Å²) in [5.74, 6) is -0.849. The maximum atomic E-state index is 14.1. The summed E-state index contributed by atoms with van der Waals surface area (Å²) in [5.41, 5.74) is -0.00814. The average molecular weight is 357 g/mol. The van der Waals surface area contributed by atoms with Crippen LogP contribution >= 0.6 is 11.6 Å². The highest BCUT2D eigenvalue weighted by molar-refractivity contribution is 6.31. The molecule has 2 atom stereocenters. The Bertz CT molecular complexity index is 595. The number of aliphatic hydroxyl groups is 1. The molecule has 0 aromatic heterocycles. The standard InChI is InChI=1S/C17H22ClFN2O3/c18-15-3-1-2-14(16(15)19)17(23)21-9-12(13(10-21)11-22)8-20-4-6-24-7-5-20/h1-3,12-13,22H,4-11H2/t12-,13-/m0/s1. The van der Waals surface area contributed by atoms with Crippen LogP contribution in [0.1, 0.15) is 10.4 Å². The van der Waals surface area contributed by atoms with E-state index in [0.717, 1.165) is 19.6 Å². The normalized spacial score (nSPS) is 25.2. The third kappa shape index (κ3) is 3.72. The molecule has 0 unspecified atom stereocenters. The number of carbonyl (C=O) groups excluding carboxylic acids is 1. The number of amides is 1. The molecule has 2 fully saturated rings. The first-order valence-electron chi connectivity index (χ1n) is 8.24. The molecule has 132 valence electrons. The van der Waals surface area contributed by atoms with Gasteiger partial charge in [0.05, 0.1) is 23.8 Å². The number of nitrogens with zero attached hydrogens (tertiary/aromatic N) is 2. The zero-order valence-electron chi connectivity index (χ0n) is 13.5. The molecule has 2 aliphatic rings. The number of likely N-dealkylation sites (tertiary alicyclic amines) is 1. The maximum absolute atomic E-state index is 14.1. The highest BCUT2D eigenvalue weighted by Crippen LogP contribution is 2.27. The fourth-order valence-electron chi connectivity index (χ4n) is 3.47. The maximum Gasteiger partial charge on any atom is 0.256 e. The fourth-order valence-corrected chi connectivity index (χ4v) is 3.65. The van der Waals surface area contributed by atoms with Gasteiger partial charge in [0.2, 0.25) is 0 Å². The van der Waals surface area contributed by atoms with Gasteiger partial charge in [0.25, 0.3) is 5.91 Å². The molecule has 1 amide bonds. The van der Waals surface area contributed by atoms with E-state index in [9.17, 15) is 14.3 Å². The minimum absolute atomic E-state index is 0.00814. The van der Waals surface area contributed by atoms with Crippen molar-refractivity contribution in [1.82, 2.24) is 9.80 Å². The Kier molecular flexibility index (Phi) is 5.71. The zero-order chi connectivity index (χ0) is 17.1. The van der Waals surface area contributed by atoms with Gasteiger partial charge in [-0.25, -0.2) is 4.39 Å². The van der Waals surface area contributed by atoms with Crippen molar-refractivity contribution in [3.63, 3.8) is 0 Å². The molecule has 0 aliphatic carbocycles. The summed E-state index contributed by atoms with van der Waals surface area (Å²) in [4.78, 5) is 16.6. The lowest BCUT2D eigenvalue weighted by atomic mass is 9.96. The van der Waals surface area contributed by atoms with E-state index in [2.05, 4.69) is 4.90 Å². The van der Waals surface area contributed by atoms with Crippen LogP contribution in [0.15, 0.2) is 18.2 Å². The van der Waals surface area contributed by atoms with Crippen molar-refractivity contribution in [2.45, 2.75) is 0 Å². The van der Waals surface area contributed by atoms with Crippen molar-refractivity contribution in [1.29, 1.82) is 0 Å². The quantitative estimate of drug-likeness (QED) is 0.888. The van der Waals surface area contributed by atoms with Crippen LogP contribution < -0.4 is 0 Å². The van der Waals surface area contributed by atoms with Crippen molar-refractivity contribution in [3.05, 3.63) is 34.6 Å². The lowest BCUT2D eigenvalue weighted by molar-refractivity contribution is 0.0264. The summed E-state index contributed by atoms with van der Waals surface area (Å²) in [5, 5.41) is 9.61. The minimum Gasteiger partial charge on any atom is -0.396 e. The Morgan fingerprint density at radius 1 is 1.29 bits per heavy atom. The summed E-state index contributed by atoms with van der Waals surface area (Å²) in [6.07, 6.45) is 0. The van der Waals surface area contributed by atoms with E-state index in [1.807, 2.05) is 0 Å². The average Bonchev–Trinajstić information content (AvgIpc) is 3.00. The van der Waals surface area contributed by atoms with Gasteiger partial charge in [0.15, 0.2) is 5.82 Å². The Hall–Kier alpha value is -1.21. The first-order valence-corrected chi connectivity index (χ1v) is 8.62. The molecule has 1 aromatic carbocycles. The summed E-state index contributed by atoms with van der Waals surface area (Å²) in [7, 11) is 0. The largest absolute Gasteiger partial charge is 0.396 e. The van der Waals surface area contributed by atoms with Crippen LogP contribution in [-0.2, 0) is 4.74 Å². The van der Waals surface area contributed by atoms with Gasteiger partial charge in [0.1, 0.15) is 0 Å². The summed E-state index contributed by atoms with van der Waals surface area (Å²) in [6, 6.07) is 4.45. The molecule has 2 heterocycles. The van der Waals surface area contributed by atoms with Gasteiger partial charge in [-0.1, -0.05) is 17.7 Å². The Balaban J connectivity index is 1.68. The highest BCUT2D eigenvalue weighted by Gasteiger charge is 2.37. The predicted molar refractivity (Wildman–Crippen MR) is 88.6 cm³/mol.